The monoisotopic (exact) mass is 378 g/mol. The second-order valence-electron chi connectivity index (χ2n) is 5.00. The molecule has 1 aromatic rings. The van der Waals surface area contributed by atoms with Crippen molar-refractivity contribution >= 4 is 57.8 Å². The van der Waals surface area contributed by atoms with Crippen molar-refractivity contribution in [2.45, 2.75) is 0 Å². The Morgan fingerprint density at radius 3 is 1.23 bits per heavy atom. The van der Waals surface area contributed by atoms with E-state index in [1.165, 1.54) is 0 Å². The maximum Gasteiger partial charge on any atom is 0.0927 e. The van der Waals surface area contributed by atoms with Crippen molar-refractivity contribution in [3.63, 3.8) is 0 Å². The molecule has 0 saturated carbocycles. The highest BCUT2D eigenvalue weighted by Gasteiger charge is 2.28. The number of benzene rings is 1. The van der Waals surface area contributed by atoms with Crippen LogP contribution in [0.15, 0.2) is 22.4 Å². The molecule has 2 rings (SSSR count). The van der Waals surface area contributed by atoms with Gasteiger partial charge in [-0.1, -0.05) is 46.4 Å². The Morgan fingerprint density at radius 1 is 0.636 bits per heavy atom. The third-order valence-electron chi connectivity index (χ3n) is 2.79. The van der Waals surface area contributed by atoms with Gasteiger partial charge in [-0.3, -0.25) is 0 Å². The maximum absolute atomic E-state index is 6.39. The average Bonchev–Trinajstić information content (AvgIpc) is 2.42. The predicted octanol–water partition coefficient (Wildman–Crippen LogP) is 4.40. The van der Waals surface area contributed by atoms with Gasteiger partial charge < -0.3 is 10.0 Å². The Kier molecular flexibility index (Phi) is 5.28. The number of hydrogen-bond acceptors (Lipinski definition) is 4. The third kappa shape index (κ3) is 3.20. The largest absolute Gasteiger partial charge is 0.303 e. The van der Waals surface area contributed by atoms with Gasteiger partial charge >= 0.3 is 0 Å². The van der Waals surface area contributed by atoms with Crippen molar-refractivity contribution in [2.24, 2.45) is 10.2 Å². The van der Waals surface area contributed by atoms with Crippen molar-refractivity contribution < 1.29 is 0 Å². The normalized spacial score (nSPS) is 17.1. The van der Waals surface area contributed by atoms with E-state index in [0.717, 1.165) is 0 Å². The van der Waals surface area contributed by atoms with E-state index in [1.54, 1.807) is 10.0 Å². The molecule has 1 aromatic carbocycles. The van der Waals surface area contributed by atoms with Crippen LogP contribution in [-0.2, 0) is 0 Å². The van der Waals surface area contributed by atoms with E-state index in [-0.39, 0.29) is 10.0 Å². The number of hydrogen-bond donors (Lipinski definition) is 0. The molecule has 0 saturated heterocycles. The molecule has 0 unspecified atom stereocenters. The van der Waals surface area contributed by atoms with Crippen LogP contribution in [0.25, 0.3) is 0 Å². The fourth-order valence-electron chi connectivity index (χ4n) is 2.03. The van der Waals surface area contributed by atoms with Crippen LogP contribution >= 0.6 is 46.4 Å². The zero-order chi connectivity index (χ0) is 16.6. The molecule has 1 aliphatic rings. The van der Waals surface area contributed by atoms with E-state index < -0.39 is 0 Å². The van der Waals surface area contributed by atoms with Crippen LogP contribution in [0.1, 0.15) is 11.1 Å². The molecule has 0 amide bonds. The summed E-state index contributed by atoms with van der Waals surface area (Å²) in [5, 5.41) is 13.2. The third-order valence-corrected chi connectivity index (χ3v) is 4.60. The summed E-state index contributed by atoms with van der Waals surface area (Å²) in [4.78, 5) is 0. The fourth-order valence-corrected chi connectivity index (χ4v) is 3.08. The Balaban J connectivity index is 2.86. The van der Waals surface area contributed by atoms with Crippen LogP contribution in [0.2, 0.25) is 20.1 Å². The molecule has 0 heterocycles. The summed E-state index contributed by atoms with van der Waals surface area (Å²) in [5.41, 5.74) is 2.53. The summed E-state index contributed by atoms with van der Waals surface area (Å²) in [7, 11) is 7.27. The molecule has 8 heteroatoms. The lowest BCUT2D eigenvalue weighted by atomic mass is 9.93. The summed E-state index contributed by atoms with van der Waals surface area (Å²) < 4.78 is 0. The fraction of sp³-hybridized carbons (Fsp3) is 0.286. The molecule has 22 heavy (non-hydrogen) atoms. The molecule has 0 aromatic heterocycles. The average molecular weight is 380 g/mol. The summed E-state index contributed by atoms with van der Waals surface area (Å²) >= 11 is 25.2. The molecule has 0 spiro atoms. The quantitative estimate of drug-likeness (QED) is 0.433. The molecular weight excluding hydrogens is 366 g/mol. The minimum atomic E-state index is 0.207. The van der Waals surface area contributed by atoms with Gasteiger partial charge in [-0.2, -0.15) is 10.2 Å². The number of fused-ring (bicyclic) bond motifs is 1. The second kappa shape index (κ2) is 6.67. The Bertz CT molecular complexity index is 647. The zero-order valence-corrected chi connectivity index (χ0v) is 15.5. The van der Waals surface area contributed by atoms with E-state index in [0.29, 0.717) is 32.6 Å². The first-order chi connectivity index (χ1) is 10.2. The highest BCUT2D eigenvalue weighted by atomic mass is 35.5. The van der Waals surface area contributed by atoms with Crippen molar-refractivity contribution in [3.05, 3.63) is 43.4 Å². The zero-order valence-electron chi connectivity index (χ0n) is 12.5. The van der Waals surface area contributed by atoms with E-state index in [4.69, 9.17) is 46.4 Å². The smallest absolute Gasteiger partial charge is 0.0927 e. The lowest BCUT2D eigenvalue weighted by Crippen LogP contribution is -2.20. The topological polar surface area (TPSA) is 31.2 Å². The van der Waals surface area contributed by atoms with Crippen molar-refractivity contribution in [3.8, 4) is 0 Å². The minimum absolute atomic E-state index is 0.207. The van der Waals surface area contributed by atoms with Gasteiger partial charge in [0.1, 0.15) is 0 Å². The predicted molar refractivity (Wildman–Crippen MR) is 96.1 cm³/mol. The Hall–Kier alpha value is -0.940. The van der Waals surface area contributed by atoms with Gasteiger partial charge in [-0.05, 0) is 12.2 Å². The number of allylic oxidation sites excluding steroid dienone is 2. The van der Waals surface area contributed by atoms with Crippen molar-refractivity contribution in [1.29, 1.82) is 0 Å². The highest BCUT2D eigenvalue weighted by Crippen LogP contribution is 2.43. The molecule has 1 aliphatic carbocycles. The van der Waals surface area contributed by atoms with E-state index in [2.05, 4.69) is 10.2 Å². The molecule has 0 radical (unpaired) electrons. The van der Waals surface area contributed by atoms with E-state index >= 15 is 0 Å². The second-order valence-corrected chi connectivity index (χ2v) is 6.52. The van der Waals surface area contributed by atoms with Gasteiger partial charge in [-0.15, -0.1) is 0 Å². The number of halogens is 4. The first-order valence-corrected chi connectivity index (χ1v) is 7.81. The number of nitrogens with zero attached hydrogens (tertiary/aromatic N) is 4. The van der Waals surface area contributed by atoms with Crippen LogP contribution in [-0.4, -0.2) is 49.6 Å². The van der Waals surface area contributed by atoms with Crippen LogP contribution in [0.4, 0.5) is 0 Å². The van der Waals surface area contributed by atoms with Gasteiger partial charge in [0.2, 0.25) is 0 Å². The molecule has 0 atom stereocenters. The first kappa shape index (κ1) is 17.4. The van der Waals surface area contributed by atoms with Crippen LogP contribution in [0.3, 0.4) is 0 Å². The molecular formula is C14H14Cl4N4. The van der Waals surface area contributed by atoms with Gasteiger partial charge in [-0.25, -0.2) is 0 Å². The first-order valence-electron chi connectivity index (χ1n) is 6.30. The maximum atomic E-state index is 6.39. The van der Waals surface area contributed by atoms with Crippen LogP contribution < -0.4 is 0 Å². The summed E-state index contributed by atoms with van der Waals surface area (Å²) in [6, 6.07) is 0. The Labute approximate surface area is 149 Å². The highest BCUT2D eigenvalue weighted by molar-refractivity contribution is 6.55. The molecule has 0 bridgehead atoms. The van der Waals surface area contributed by atoms with E-state index in [9.17, 15) is 0 Å². The Morgan fingerprint density at radius 2 is 0.955 bits per heavy atom. The lowest BCUT2D eigenvalue weighted by Gasteiger charge is -2.22. The number of hydrazone groups is 2. The SMILES string of the molecule is CN(C)N=C1C=CC(=NN(C)C)c2c(Cl)c(Cl)c(Cl)c(Cl)c21. The summed E-state index contributed by atoms with van der Waals surface area (Å²) in [5.74, 6) is 0. The summed E-state index contributed by atoms with van der Waals surface area (Å²) in [6.45, 7) is 0. The molecule has 118 valence electrons. The van der Waals surface area contributed by atoms with E-state index in [1.807, 2.05) is 40.3 Å². The van der Waals surface area contributed by atoms with Crippen molar-refractivity contribution in [2.75, 3.05) is 28.2 Å². The molecule has 0 fully saturated rings. The van der Waals surface area contributed by atoms with Gasteiger partial charge in [0.05, 0.1) is 31.5 Å². The lowest BCUT2D eigenvalue weighted by molar-refractivity contribution is 0.437. The summed E-state index contributed by atoms with van der Waals surface area (Å²) in [6.07, 6.45) is 3.63. The number of rotatable bonds is 2. The molecule has 0 N–H and O–H groups in total. The van der Waals surface area contributed by atoms with Crippen LogP contribution in [0, 0.1) is 0 Å². The standard InChI is InChI=1S/C14H14Cl4N4/c1-21(2)19-7-5-6-8(20-22(3)4)10-9(7)11(15)13(17)14(18)12(10)16/h5-6H,1-4H3. The van der Waals surface area contributed by atoms with Gasteiger partial charge in [0.15, 0.2) is 0 Å². The molecule has 4 nitrogen and oxygen atoms in total. The van der Waals surface area contributed by atoms with Gasteiger partial charge in [0, 0.05) is 39.3 Å². The minimum Gasteiger partial charge on any atom is -0.303 e. The van der Waals surface area contributed by atoms with Gasteiger partial charge in [0.25, 0.3) is 0 Å². The van der Waals surface area contributed by atoms with Crippen LogP contribution in [0.5, 0.6) is 0 Å². The van der Waals surface area contributed by atoms with Crippen molar-refractivity contribution in [1.82, 2.24) is 10.0 Å². The molecule has 0 aliphatic heterocycles.